The topological polar surface area (TPSA) is 29.1 Å². The molecule has 1 aromatic carbocycles. The van der Waals surface area contributed by atoms with E-state index in [1.807, 2.05) is 6.07 Å². The highest BCUT2D eigenvalue weighted by molar-refractivity contribution is 6.30. The van der Waals surface area contributed by atoms with Gasteiger partial charge in [0.2, 0.25) is 0 Å². The van der Waals surface area contributed by atoms with Gasteiger partial charge in [-0.1, -0.05) is 18.5 Å². The number of hydrogen-bond acceptors (Lipinski definition) is 2. The number of aryl methyl sites for hydroxylation is 1. The molecule has 0 aliphatic carbocycles. The van der Waals surface area contributed by atoms with Crippen LogP contribution in [0.5, 0.6) is 0 Å². The van der Waals surface area contributed by atoms with E-state index in [9.17, 15) is 0 Å². The molecule has 1 unspecified atom stereocenters. The number of benzene rings is 1. The minimum Gasteiger partial charge on any atom is -0.545 e. The quantitative estimate of drug-likeness (QED) is 0.353. The van der Waals surface area contributed by atoms with Gasteiger partial charge in [0.15, 0.2) is 6.17 Å². The van der Waals surface area contributed by atoms with E-state index in [1.165, 1.54) is 11.3 Å². The van der Waals surface area contributed by atoms with Gasteiger partial charge in [0.05, 0.1) is 19.6 Å². The highest BCUT2D eigenvalue weighted by Crippen LogP contribution is 2.24. The van der Waals surface area contributed by atoms with Crippen molar-refractivity contribution in [3.05, 3.63) is 28.8 Å². The van der Waals surface area contributed by atoms with Crippen LogP contribution in [0.1, 0.15) is 40.2 Å². The Morgan fingerprint density at radius 1 is 1.14 bits per heavy atom. The smallest absolute Gasteiger partial charge is 0.159 e. The Bertz CT molecular complexity index is 411. The summed E-state index contributed by atoms with van der Waals surface area (Å²) in [4.78, 5) is 7.75. The first kappa shape index (κ1) is 19.9. The molecule has 0 amide bonds. The molecule has 3 nitrogen and oxygen atoms in total. The van der Waals surface area contributed by atoms with E-state index in [0.29, 0.717) is 6.17 Å². The molecule has 21 heavy (non-hydrogen) atoms. The number of carbonyl (C=O) groups excluding carboxylic acids is 1. The number of halogens is 1. The number of nitrogens with zero attached hydrogens (tertiary/aromatic N) is 1. The third kappa shape index (κ3) is 5.01. The zero-order valence-electron chi connectivity index (χ0n) is 13.9. The fourth-order valence-corrected chi connectivity index (χ4v) is 3.04. The molecule has 1 atom stereocenters. The van der Waals surface area contributed by atoms with Crippen molar-refractivity contribution in [3.8, 4) is 0 Å². The lowest BCUT2D eigenvalue weighted by Gasteiger charge is -2.42. The van der Waals surface area contributed by atoms with Crippen molar-refractivity contribution in [2.24, 2.45) is 0 Å². The van der Waals surface area contributed by atoms with Crippen LogP contribution < -0.4 is 5.32 Å². The number of nitrogens with one attached hydrogen (secondary N) is 1. The minimum absolute atomic E-state index is 0.409. The van der Waals surface area contributed by atoms with Crippen molar-refractivity contribution in [1.29, 1.82) is 0 Å². The van der Waals surface area contributed by atoms with E-state index >= 15 is 0 Å². The molecule has 0 bridgehead atoms. The maximum absolute atomic E-state index is 7.75. The molecule has 0 saturated carbocycles. The molecule has 0 saturated heterocycles. The highest BCUT2D eigenvalue weighted by atomic mass is 35.5. The van der Waals surface area contributed by atoms with Crippen LogP contribution in [0.2, 0.25) is 5.02 Å². The van der Waals surface area contributed by atoms with Crippen LogP contribution in [0.4, 0.5) is 5.69 Å². The molecule has 0 radical (unpaired) electrons. The van der Waals surface area contributed by atoms with Gasteiger partial charge < -0.3 is 14.6 Å². The first-order valence-electron chi connectivity index (χ1n) is 7.67. The Hall–Kier alpha value is -1.06. The van der Waals surface area contributed by atoms with Crippen molar-refractivity contribution in [3.63, 3.8) is 0 Å². The number of anilines is 1. The van der Waals surface area contributed by atoms with Gasteiger partial charge in [-0.25, -0.2) is 0 Å². The SMILES string of the molecule is CCc1cc(Cl)ccc1NC(C)[N+](CC)(CC)CC.[CH-]=O. The lowest BCUT2D eigenvalue weighted by atomic mass is 10.1. The van der Waals surface area contributed by atoms with Crippen LogP contribution in [0.15, 0.2) is 18.2 Å². The Kier molecular flexibility index (Phi) is 9.31. The van der Waals surface area contributed by atoms with Crippen molar-refractivity contribution in [1.82, 2.24) is 0 Å². The molecule has 1 aromatic rings. The summed E-state index contributed by atoms with van der Waals surface area (Å²) < 4.78 is 1.09. The molecule has 0 aliphatic heterocycles. The summed E-state index contributed by atoms with van der Waals surface area (Å²) in [5.41, 5.74) is 2.51. The fourth-order valence-electron chi connectivity index (χ4n) is 2.85. The molecule has 1 N–H and O–H groups in total. The summed E-state index contributed by atoms with van der Waals surface area (Å²) in [6.07, 6.45) is 1.41. The largest absolute Gasteiger partial charge is 0.545 e. The molecule has 0 aromatic heterocycles. The Balaban J connectivity index is 0.00000191. The lowest BCUT2D eigenvalue weighted by Crippen LogP contribution is -2.57. The van der Waals surface area contributed by atoms with Crippen LogP contribution >= 0.6 is 11.6 Å². The van der Waals surface area contributed by atoms with Gasteiger partial charge in [-0.3, -0.25) is 6.79 Å². The summed E-state index contributed by atoms with van der Waals surface area (Å²) in [5, 5.41) is 4.51. The van der Waals surface area contributed by atoms with Crippen molar-refractivity contribution >= 4 is 24.1 Å². The average Bonchev–Trinajstić information content (AvgIpc) is 2.53. The molecule has 1 rings (SSSR count). The molecule has 4 heteroatoms. The van der Waals surface area contributed by atoms with E-state index in [1.54, 1.807) is 0 Å². The van der Waals surface area contributed by atoms with Crippen LogP contribution in [0, 0.1) is 0 Å². The van der Waals surface area contributed by atoms with Crippen LogP contribution in [-0.2, 0) is 11.2 Å². The van der Waals surface area contributed by atoms with E-state index in [0.717, 1.165) is 35.6 Å². The highest BCUT2D eigenvalue weighted by Gasteiger charge is 2.28. The van der Waals surface area contributed by atoms with E-state index in [4.69, 9.17) is 16.4 Å². The van der Waals surface area contributed by atoms with Crippen molar-refractivity contribution < 1.29 is 9.28 Å². The van der Waals surface area contributed by atoms with E-state index in [2.05, 4.69) is 58.9 Å². The normalized spacial score (nSPS) is 12.3. The summed E-state index contributed by atoms with van der Waals surface area (Å²) in [7, 11) is 0. The zero-order chi connectivity index (χ0) is 16.5. The maximum Gasteiger partial charge on any atom is 0.159 e. The molecule has 0 aliphatic rings. The van der Waals surface area contributed by atoms with Gasteiger partial charge in [-0.05, 0) is 51.0 Å². The van der Waals surface area contributed by atoms with Gasteiger partial charge in [0.1, 0.15) is 0 Å². The molecular formula is C17H29ClN2O. The standard InChI is InChI=1S/C16H28ClN2.CHO/c1-6-14-12-15(17)10-11-16(14)18-13(5)19(7-2,8-3)9-4;1-2/h10-13,18H,6-9H2,1-5H3;1H/q+1;-1. The van der Waals surface area contributed by atoms with Gasteiger partial charge in [0.25, 0.3) is 0 Å². The Morgan fingerprint density at radius 3 is 2.10 bits per heavy atom. The molecule has 0 spiro atoms. The van der Waals surface area contributed by atoms with Crippen LogP contribution in [0.3, 0.4) is 0 Å². The summed E-state index contributed by atoms with van der Waals surface area (Å²) >= 11 is 6.07. The summed E-state index contributed by atoms with van der Waals surface area (Å²) in [6, 6.07) is 6.14. The monoisotopic (exact) mass is 312 g/mol. The predicted molar refractivity (Wildman–Crippen MR) is 92.5 cm³/mol. The third-order valence-electron chi connectivity index (χ3n) is 4.52. The summed E-state index contributed by atoms with van der Waals surface area (Å²) in [6.45, 7) is 18.0. The molecule has 120 valence electrons. The second-order valence-corrected chi connectivity index (χ2v) is 5.58. The fraction of sp³-hybridized carbons (Fsp3) is 0.588. The number of hydrogen-bond donors (Lipinski definition) is 1. The molecule has 0 heterocycles. The lowest BCUT2D eigenvalue weighted by molar-refractivity contribution is -0.941. The van der Waals surface area contributed by atoms with Gasteiger partial charge >= 0.3 is 0 Å². The Morgan fingerprint density at radius 2 is 1.67 bits per heavy atom. The number of rotatable bonds is 7. The van der Waals surface area contributed by atoms with E-state index in [-0.39, 0.29) is 0 Å². The third-order valence-corrected chi connectivity index (χ3v) is 4.76. The predicted octanol–water partition coefficient (Wildman–Crippen LogP) is 4.26. The van der Waals surface area contributed by atoms with Gasteiger partial charge in [0, 0.05) is 17.6 Å². The van der Waals surface area contributed by atoms with E-state index < -0.39 is 0 Å². The number of quaternary nitrogens is 1. The van der Waals surface area contributed by atoms with Crippen molar-refractivity contribution in [2.45, 2.75) is 47.2 Å². The first-order chi connectivity index (χ1) is 10.0. The molecular weight excluding hydrogens is 284 g/mol. The second-order valence-electron chi connectivity index (χ2n) is 5.14. The maximum atomic E-state index is 7.75. The zero-order valence-corrected chi connectivity index (χ0v) is 14.7. The van der Waals surface area contributed by atoms with Crippen LogP contribution in [-0.4, -0.2) is 37.1 Å². The minimum atomic E-state index is 0.409. The Labute approximate surface area is 134 Å². The first-order valence-corrected chi connectivity index (χ1v) is 8.05. The second kappa shape index (κ2) is 9.80. The molecule has 0 fully saturated rings. The van der Waals surface area contributed by atoms with Crippen LogP contribution in [0.25, 0.3) is 0 Å². The average molecular weight is 313 g/mol. The van der Waals surface area contributed by atoms with Gasteiger partial charge in [-0.15, -0.1) is 0 Å². The van der Waals surface area contributed by atoms with Gasteiger partial charge in [-0.2, -0.15) is 0 Å². The van der Waals surface area contributed by atoms with Crippen molar-refractivity contribution in [2.75, 3.05) is 25.0 Å². The summed E-state index contributed by atoms with van der Waals surface area (Å²) in [5.74, 6) is 0.